The number of thiocarbonyl (C=S) groups is 1. The number of hydrazone groups is 1. The minimum atomic E-state index is -1.21. The van der Waals surface area contributed by atoms with Gasteiger partial charge in [-0.2, -0.15) is 10.1 Å². The molecule has 0 radical (unpaired) electrons. The van der Waals surface area contributed by atoms with Gasteiger partial charge >= 0.3 is 5.97 Å². The number of thioether (sulfide) groups is 1. The van der Waals surface area contributed by atoms with Gasteiger partial charge in [-0.3, -0.25) is 29.4 Å². The van der Waals surface area contributed by atoms with Crippen molar-refractivity contribution in [1.29, 1.82) is 0 Å². The number of para-hydroxylation sites is 1. The molecule has 33 heavy (non-hydrogen) atoms. The molecule has 11 nitrogen and oxygen atoms in total. The van der Waals surface area contributed by atoms with E-state index in [4.69, 9.17) is 17.3 Å². The summed E-state index contributed by atoms with van der Waals surface area (Å²) in [7, 11) is 0. The first-order valence-electron chi connectivity index (χ1n) is 9.14. The predicted molar refractivity (Wildman–Crippen MR) is 123 cm³/mol. The van der Waals surface area contributed by atoms with Crippen LogP contribution in [0.1, 0.15) is 11.1 Å². The lowest BCUT2D eigenvalue weighted by Gasteiger charge is -2.13. The Kier molecular flexibility index (Phi) is 5.66. The number of carbonyl (C=O) groups is 3. The highest BCUT2D eigenvalue weighted by atomic mass is 32.2. The number of nitro benzene ring substituents is 1. The van der Waals surface area contributed by atoms with Crippen molar-refractivity contribution in [3.05, 3.63) is 68.6 Å². The number of rotatable bonds is 5. The zero-order valence-electron chi connectivity index (χ0n) is 16.4. The zero-order chi connectivity index (χ0) is 23.9. The summed E-state index contributed by atoms with van der Waals surface area (Å²) < 4.78 is -0.00867. The Morgan fingerprint density at radius 3 is 2.64 bits per heavy atom. The largest absolute Gasteiger partial charge is 0.507 e. The number of benzene rings is 2. The number of anilines is 1. The van der Waals surface area contributed by atoms with Crippen LogP contribution in [-0.4, -0.2) is 55.0 Å². The summed E-state index contributed by atoms with van der Waals surface area (Å²) in [5.41, 5.74) is 0.467. The van der Waals surface area contributed by atoms with Crippen LogP contribution in [0.3, 0.4) is 0 Å². The third-order valence-corrected chi connectivity index (χ3v) is 6.08. The number of non-ortho nitro benzene ring substituents is 1. The molecule has 2 aromatic rings. The predicted octanol–water partition coefficient (Wildman–Crippen LogP) is 2.34. The normalized spacial score (nSPS) is 17.9. The number of aliphatic carboxylic acids is 1. The number of amides is 2. The van der Waals surface area contributed by atoms with E-state index in [2.05, 4.69) is 5.10 Å². The summed E-state index contributed by atoms with van der Waals surface area (Å²) in [4.78, 5) is 48.6. The van der Waals surface area contributed by atoms with Crippen molar-refractivity contribution in [2.45, 2.75) is 0 Å². The summed E-state index contributed by atoms with van der Waals surface area (Å²) in [6.45, 7) is -0.580. The first kappa shape index (κ1) is 22.1. The molecule has 4 rings (SSSR count). The number of fused-ring (bicyclic) bond motifs is 1. The van der Waals surface area contributed by atoms with Crippen LogP contribution in [0.25, 0.3) is 5.57 Å². The average molecular weight is 484 g/mol. The molecule has 0 spiro atoms. The summed E-state index contributed by atoms with van der Waals surface area (Å²) in [6, 6.07) is 9.79. The monoisotopic (exact) mass is 484 g/mol. The number of hydrogen-bond donors (Lipinski definition) is 2. The lowest BCUT2D eigenvalue weighted by molar-refractivity contribution is -0.384. The smallest absolute Gasteiger partial charge is 0.323 e. The van der Waals surface area contributed by atoms with Gasteiger partial charge in [0.25, 0.3) is 17.5 Å². The SMILES string of the molecule is O=C(O)CN1C(=O)/C(=C2\SC(=S)N(/N=C/c3cc([N+](=O)[O-])ccc3O)C2=O)c2ccccc21. The summed E-state index contributed by atoms with van der Waals surface area (Å²) >= 11 is 6.04. The Morgan fingerprint density at radius 1 is 1.21 bits per heavy atom. The van der Waals surface area contributed by atoms with Crippen LogP contribution in [0.15, 0.2) is 52.5 Å². The summed E-state index contributed by atoms with van der Waals surface area (Å²) in [5, 5.41) is 34.8. The van der Waals surface area contributed by atoms with Crippen molar-refractivity contribution < 1.29 is 29.5 Å². The minimum Gasteiger partial charge on any atom is -0.507 e. The Hall–Kier alpha value is -4.10. The fraction of sp³-hybridized carbons (Fsp3) is 0.0500. The van der Waals surface area contributed by atoms with Crippen LogP contribution in [-0.2, 0) is 14.4 Å². The van der Waals surface area contributed by atoms with Crippen molar-refractivity contribution in [2.24, 2.45) is 5.10 Å². The molecule has 2 heterocycles. The van der Waals surface area contributed by atoms with Gasteiger partial charge in [0.2, 0.25) is 0 Å². The summed E-state index contributed by atoms with van der Waals surface area (Å²) in [5.74, 6) is -2.88. The van der Waals surface area contributed by atoms with Crippen molar-refractivity contribution >= 4 is 69.2 Å². The molecule has 2 aliphatic rings. The molecule has 1 fully saturated rings. The van der Waals surface area contributed by atoms with E-state index >= 15 is 0 Å². The fourth-order valence-electron chi connectivity index (χ4n) is 3.28. The van der Waals surface area contributed by atoms with Gasteiger partial charge in [-0.25, -0.2) is 0 Å². The van der Waals surface area contributed by atoms with Gasteiger partial charge in [0.1, 0.15) is 12.3 Å². The van der Waals surface area contributed by atoms with Gasteiger partial charge in [0.15, 0.2) is 4.32 Å². The van der Waals surface area contributed by atoms with Gasteiger partial charge in [-0.05, 0) is 24.4 Å². The van der Waals surface area contributed by atoms with E-state index < -0.39 is 29.3 Å². The second-order valence-electron chi connectivity index (χ2n) is 6.74. The van der Waals surface area contributed by atoms with Crippen LogP contribution in [0.4, 0.5) is 11.4 Å². The highest BCUT2D eigenvalue weighted by molar-refractivity contribution is 8.26. The number of nitro groups is 1. The van der Waals surface area contributed by atoms with E-state index in [9.17, 15) is 29.6 Å². The van der Waals surface area contributed by atoms with E-state index in [-0.39, 0.29) is 31.8 Å². The van der Waals surface area contributed by atoms with Gasteiger partial charge < -0.3 is 10.2 Å². The highest BCUT2D eigenvalue weighted by Gasteiger charge is 2.42. The number of carboxylic acid groups (broad SMARTS) is 1. The van der Waals surface area contributed by atoms with Crippen LogP contribution in [0.2, 0.25) is 0 Å². The zero-order valence-corrected chi connectivity index (χ0v) is 18.0. The standard InChI is InChI=1S/C20H12N4O7S2/c25-14-6-5-11(24(30)31)7-10(14)8-21-23-19(29)17(33-20(23)32)16-12-3-1-2-4-13(12)22(18(16)28)9-15(26)27/h1-8,25H,9H2,(H,26,27)/b17-16-,21-8+. The van der Waals surface area contributed by atoms with E-state index in [0.29, 0.717) is 11.3 Å². The summed E-state index contributed by atoms with van der Waals surface area (Å²) in [6.07, 6.45) is 1.04. The molecule has 2 aromatic carbocycles. The maximum absolute atomic E-state index is 13.1. The number of carboxylic acids is 1. The van der Waals surface area contributed by atoms with Crippen molar-refractivity contribution in [3.8, 4) is 5.75 Å². The molecule has 0 bridgehead atoms. The van der Waals surface area contributed by atoms with Gasteiger partial charge in [0.05, 0.1) is 27.3 Å². The quantitative estimate of drug-likeness (QED) is 0.214. The van der Waals surface area contributed by atoms with Crippen molar-refractivity contribution in [1.82, 2.24) is 5.01 Å². The molecule has 0 unspecified atom stereocenters. The molecule has 0 atom stereocenters. The highest BCUT2D eigenvalue weighted by Crippen LogP contribution is 2.44. The third-order valence-electron chi connectivity index (χ3n) is 4.73. The first-order chi connectivity index (χ1) is 15.7. The van der Waals surface area contributed by atoms with E-state index in [1.165, 1.54) is 0 Å². The maximum Gasteiger partial charge on any atom is 0.323 e. The third kappa shape index (κ3) is 3.94. The average Bonchev–Trinajstić information content (AvgIpc) is 3.19. The fourth-order valence-corrected chi connectivity index (χ4v) is 4.53. The Bertz CT molecular complexity index is 1320. The lowest BCUT2D eigenvalue weighted by atomic mass is 10.1. The molecule has 0 saturated carbocycles. The second-order valence-corrected chi connectivity index (χ2v) is 8.38. The Balaban J connectivity index is 1.71. The van der Waals surface area contributed by atoms with E-state index in [0.717, 1.165) is 46.1 Å². The molecular weight excluding hydrogens is 472 g/mol. The van der Waals surface area contributed by atoms with Gasteiger partial charge in [-0.1, -0.05) is 30.0 Å². The Labute approximate surface area is 194 Å². The minimum absolute atomic E-state index is 0.00867. The van der Waals surface area contributed by atoms with Crippen LogP contribution >= 0.6 is 24.0 Å². The van der Waals surface area contributed by atoms with E-state index in [1.54, 1.807) is 24.3 Å². The molecule has 2 N–H and O–H groups in total. The number of carbonyl (C=O) groups excluding carboxylic acids is 2. The number of phenols is 1. The van der Waals surface area contributed by atoms with Gasteiger partial charge in [0, 0.05) is 23.3 Å². The molecule has 0 aliphatic carbocycles. The van der Waals surface area contributed by atoms with E-state index in [1.807, 2.05) is 0 Å². The van der Waals surface area contributed by atoms with Crippen molar-refractivity contribution in [3.63, 3.8) is 0 Å². The molecule has 13 heteroatoms. The molecular formula is C20H12N4O7S2. The van der Waals surface area contributed by atoms with Crippen LogP contribution in [0.5, 0.6) is 5.75 Å². The molecule has 2 amide bonds. The maximum atomic E-state index is 13.1. The molecule has 166 valence electrons. The van der Waals surface area contributed by atoms with Crippen LogP contribution < -0.4 is 4.90 Å². The molecule has 0 aromatic heterocycles. The number of hydrogen-bond acceptors (Lipinski definition) is 9. The van der Waals surface area contributed by atoms with Crippen molar-refractivity contribution in [2.75, 3.05) is 11.4 Å². The first-order valence-corrected chi connectivity index (χ1v) is 10.4. The number of aromatic hydroxyl groups is 1. The lowest BCUT2D eigenvalue weighted by Crippen LogP contribution is -2.32. The Morgan fingerprint density at radius 2 is 1.94 bits per heavy atom. The van der Waals surface area contributed by atoms with Crippen LogP contribution in [0, 0.1) is 10.1 Å². The van der Waals surface area contributed by atoms with Gasteiger partial charge in [-0.15, -0.1) is 0 Å². The number of nitrogens with zero attached hydrogens (tertiary/aromatic N) is 4. The topological polar surface area (TPSA) is 154 Å². The molecule has 1 saturated heterocycles. The number of phenolic OH excluding ortho intramolecular Hbond substituents is 1. The molecule has 2 aliphatic heterocycles. The second kappa shape index (κ2) is 8.44.